The lowest BCUT2D eigenvalue weighted by Crippen LogP contribution is -2.34. The molecule has 0 N–H and O–H groups in total. The summed E-state index contributed by atoms with van der Waals surface area (Å²) in [4.78, 5) is 29.9. The van der Waals surface area contributed by atoms with Gasteiger partial charge in [0.1, 0.15) is 0 Å². The molecule has 0 spiro atoms. The van der Waals surface area contributed by atoms with Gasteiger partial charge in [-0.05, 0) is 50.6 Å². The number of benzene rings is 1. The maximum absolute atomic E-state index is 12.3. The molecule has 120 valence electrons. The van der Waals surface area contributed by atoms with Gasteiger partial charge in [0.05, 0.1) is 5.56 Å². The summed E-state index contributed by atoms with van der Waals surface area (Å²) in [6, 6.07) is 11.0. The Kier molecular flexibility index (Phi) is 5.46. The predicted octanol–water partition coefficient (Wildman–Crippen LogP) is 2.91. The van der Waals surface area contributed by atoms with Crippen LogP contribution in [-0.2, 0) is 9.53 Å². The van der Waals surface area contributed by atoms with E-state index in [4.69, 9.17) is 4.74 Å². The molecular formula is C18H20N2O3. The number of amides is 1. The molecule has 1 amide bonds. The summed E-state index contributed by atoms with van der Waals surface area (Å²) < 4.78 is 5.09. The molecule has 0 aliphatic rings. The largest absolute Gasteiger partial charge is 0.452 e. The minimum absolute atomic E-state index is 0.258. The van der Waals surface area contributed by atoms with Crippen LogP contribution in [0.15, 0.2) is 42.6 Å². The van der Waals surface area contributed by atoms with E-state index >= 15 is 0 Å². The molecule has 0 unspecified atom stereocenters. The summed E-state index contributed by atoms with van der Waals surface area (Å²) in [6.07, 6.45) is 1.44. The van der Waals surface area contributed by atoms with E-state index in [9.17, 15) is 9.59 Å². The van der Waals surface area contributed by atoms with Crippen molar-refractivity contribution in [1.29, 1.82) is 0 Å². The van der Waals surface area contributed by atoms with Crippen molar-refractivity contribution in [3.05, 3.63) is 59.4 Å². The van der Waals surface area contributed by atoms with E-state index in [2.05, 4.69) is 4.98 Å². The summed E-state index contributed by atoms with van der Waals surface area (Å²) in [5, 5.41) is 0. The Balaban J connectivity index is 2.00. The quantitative estimate of drug-likeness (QED) is 0.797. The highest BCUT2D eigenvalue weighted by atomic mass is 16.5. The van der Waals surface area contributed by atoms with Crippen molar-refractivity contribution >= 4 is 17.6 Å². The highest BCUT2D eigenvalue weighted by Crippen LogP contribution is 2.16. The summed E-state index contributed by atoms with van der Waals surface area (Å²) >= 11 is 0. The summed E-state index contributed by atoms with van der Waals surface area (Å²) in [6.45, 7) is 5.89. The molecular weight excluding hydrogens is 292 g/mol. The molecule has 5 heteroatoms. The van der Waals surface area contributed by atoms with Crippen LogP contribution in [-0.4, -0.2) is 30.0 Å². The van der Waals surface area contributed by atoms with Gasteiger partial charge in [0.15, 0.2) is 6.61 Å². The van der Waals surface area contributed by atoms with Crippen LogP contribution in [0.4, 0.5) is 5.69 Å². The number of hydrogen-bond acceptors (Lipinski definition) is 4. The normalized spacial score (nSPS) is 10.2. The summed E-state index contributed by atoms with van der Waals surface area (Å²) in [5.74, 6) is -0.808. The first-order valence-electron chi connectivity index (χ1n) is 7.48. The third-order valence-corrected chi connectivity index (χ3v) is 3.40. The van der Waals surface area contributed by atoms with E-state index in [1.807, 2.05) is 45.0 Å². The molecule has 0 saturated carbocycles. The summed E-state index contributed by atoms with van der Waals surface area (Å²) in [7, 11) is 0. The number of anilines is 1. The van der Waals surface area contributed by atoms with Crippen molar-refractivity contribution in [3.63, 3.8) is 0 Å². The number of aryl methyl sites for hydroxylation is 2. The van der Waals surface area contributed by atoms with Gasteiger partial charge < -0.3 is 9.64 Å². The molecule has 1 aromatic carbocycles. The molecule has 1 aromatic heterocycles. The number of hydrogen-bond donors (Lipinski definition) is 0. The zero-order valence-electron chi connectivity index (χ0n) is 13.6. The molecule has 23 heavy (non-hydrogen) atoms. The van der Waals surface area contributed by atoms with E-state index < -0.39 is 5.97 Å². The van der Waals surface area contributed by atoms with Gasteiger partial charge in [0.25, 0.3) is 5.91 Å². The summed E-state index contributed by atoms with van der Waals surface area (Å²) in [5.41, 5.74) is 3.01. The van der Waals surface area contributed by atoms with Gasteiger partial charge in [-0.2, -0.15) is 0 Å². The molecule has 0 aliphatic carbocycles. The molecule has 1 heterocycles. The molecule has 0 fully saturated rings. The van der Waals surface area contributed by atoms with E-state index in [0.29, 0.717) is 12.1 Å². The fourth-order valence-electron chi connectivity index (χ4n) is 2.18. The molecule has 0 bridgehead atoms. The van der Waals surface area contributed by atoms with Crippen LogP contribution in [0, 0.1) is 13.8 Å². The van der Waals surface area contributed by atoms with Gasteiger partial charge in [-0.25, -0.2) is 4.79 Å². The zero-order chi connectivity index (χ0) is 16.8. The molecule has 0 radical (unpaired) electrons. The van der Waals surface area contributed by atoms with Crippen molar-refractivity contribution < 1.29 is 14.3 Å². The lowest BCUT2D eigenvalue weighted by molar-refractivity contribution is -0.121. The van der Waals surface area contributed by atoms with Crippen LogP contribution in [0.25, 0.3) is 0 Å². The van der Waals surface area contributed by atoms with Gasteiger partial charge in [-0.15, -0.1) is 0 Å². The topological polar surface area (TPSA) is 59.5 Å². The van der Waals surface area contributed by atoms with Gasteiger partial charge in [0.2, 0.25) is 0 Å². The molecule has 2 aromatic rings. The second kappa shape index (κ2) is 7.54. The van der Waals surface area contributed by atoms with E-state index in [0.717, 1.165) is 16.9 Å². The SMILES string of the molecule is CCN(C(=O)COC(=O)c1ccc(C)nc1)c1cccc(C)c1. The Morgan fingerprint density at radius 2 is 1.96 bits per heavy atom. The van der Waals surface area contributed by atoms with Crippen LogP contribution in [0.2, 0.25) is 0 Å². The molecule has 0 aliphatic heterocycles. The third kappa shape index (κ3) is 4.39. The Labute approximate surface area is 135 Å². The average Bonchev–Trinajstić information content (AvgIpc) is 2.54. The first-order chi connectivity index (χ1) is 11.0. The van der Waals surface area contributed by atoms with Gasteiger partial charge in [-0.3, -0.25) is 9.78 Å². The van der Waals surface area contributed by atoms with Crippen molar-refractivity contribution in [2.45, 2.75) is 20.8 Å². The second-order valence-electron chi connectivity index (χ2n) is 5.24. The Bertz CT molecular complexity index is 696. The fourth-order valence-corrected chi connectivity index (χ4v) is 2.18. The fraction of sp³-hybridized carbons (Fsp3) is 0.278. The van der Waals surface area contributed by atoms with Crippen molar-refractivity contribution in [2.75, 3.05) is 18.1 Å². The smallest absolute Gasteiger partial charge is 0.340 e. The van der Waals surface area contributed by atoms with Gasteiger partial charge in [-0.1, -0.05) is 12.1 Å². The number of rotatable bonds is 5. The van der Waals surface area contributed by atoms with Crippen molar-refractivity contribution in [2.24, 2.45) is 0 Å². The third-order valence-electron chi connectivity index (χ3n) is 3.40. The maximum atomic E-state index is 12.3. The maximum Gasteiger partial charge on any atom is 0.340 e. The monoisotopic (exact) mass is 312 g/mol. The zero-order valence-corrected chi connectivity index (χ0v) is 13.6. The lowest BCUT2D eigenvalue weighted by Gasteiger charge is -2.21. The first kappa shape index (κ1) is 16.7. The van der Waals surface area contributed by atoms with Crippen LogP contribution in [0.5, 0.6) is 0 Å². The van der Waals surface area contributed by atoms with Gasteiger partial charge in [0, 0.05) is 24.1 Å². The number of pyridine rings is 1. The highest BCUT2D eigenvalue weighted by Gasteiger charge is 2.17. The predicted molar refractivity (Wildman–Crippen MR) is 88.5 cm³/mol. The Morgan fingerprint density at radius 3 is 2.57 bits per heavy atom. The number of esters is 1. The van der Waals surface area contributed by atoms with E-state index in [-0.39, 0.29) is 12.5 Å². The minimum atomic E-state index is -0.550. The molecule has 2 rings (SSSR count). The number of likely N-dealkylation sites (N-methyl/N-ethyl adjacent to an activating group) is 1. The first-order valence-corrected chi connectivity index (χ1v) is 7.48. The second-order valence-corrected chi connectivity index (χ2v) is 5.24. The lowest BCUT2D eigenvalue weighted by atomic mass is 10.2. The van der Waals surface area contributed by atoms with E-state index in [1.54, 1.807) is 17.0 Å². The van der Waals surface area contributed by atoms with Gasteiger partial charge >= 0.3 is 5.97 Å². The minimum Gasteiger partial charge on any atom is -0.452 e. The number of aromatic nitrogens is 1. The molecule has 0 atom stereocenters. The number of ether oxygens (including phenoxy) is 1. The number of carbonyl (C=O) groups excluding carboxylic acids is 2. The molecule has 0 saturated heterocycles. The Morgan fingerprint density at radius 1 is 1.17 bits per heavy atom. The van der Waals surface area contributed by atoms with Crippen molar-refractivity contribution in [3.8, 4) is 0 Å². The number of nitrogens with zero attached hydrogens (tertiary/aromatic N) is 2. The Hall–Kier alpha value is -2.69. The van der Waals surface area contributed by atoms with Crippen LogP contribution >= 0.6 is 0 Å². The van der Waals surface area contributed by atoms with Crippen LogP contribution < -0.4 is 4.90 Å². The van der Waals surface area contributed by atoms with Crippen LogP contribution in [0.3, 0.4) is 0 Å². The van der Waals surface area contributed by atoms with Crippen molar-refractivity contribution in [1.82, 2.24) is 4.98 Å². The van der Waals surface area contributed by atoms with Crippen LogP contribution in [0.1, 0.15) is 28.5 Å². The molecule has 5 nitrogen and oxygen atoms in total. The highest BCUT2D eigenvalue weighted by molar-refractivity contribution is 5.97. The average molecular weight is 312 g/mol. The standard InChI is InChI=1S/C18H20N2O3/c1-4-20(16-7-5-6-13(2)10-16)17(21)12-23-18(22)15-9-8-14(3)19-11-15/h5-11H,4,12H2,1-3H3. The number of carbonyl (C=O) groups is 2. The van der Waals surface area contributed by atoms with E-state index in [1.165, 1.54) is 6.20 Å².